The number of nitrogens with zero attached hydrogens (tertiary/aromatic N) is 1. The molecule has 1 aromatic carbocycles. The van der Waals surface area contributed by atoms with Crippen LogP contribution in [0.15, 0.2) is 30.3 Å². The SMILES string of the molecule is CC1CN(C(=O)c2cc3ccccc3s2)C(C)CN1.Cl. The molecule has 1 fully saturated rings. The lowest BCUT2D eigenvalue weighted by atomic mass is 10.1. The number of amides is 1. The predicted octanol–water partition coefficient (Wildman–Crippen LogP) is 3.15. The molecule has 108 valence electrons. The second kappa shape index (κ2) is 6.12. The maximum atomic E-state index is 12.6. The first-order chi connectivity index (χ1) is 9.15. The Morgan fingerprint density at radius 2 is 2.10 bits per heavy atom. The van der Waals surface area contributed by atoms with Crippen LogP contribution in [0.25, 0.3) is 10.1 Å². The van der Waals surface area contributed by atoms with Crippen LogP contribution >= 0.6 is 23.7 Å². The molecule has 3 nitrogen and oxygen atoms in total. The number of hydrogen-bond acceptors (Lipinski definition) is 3. The molecule has 0 aliphatic carbocycles. The molecule has 0 bridgehead atoms. The van der Waals surface area contributed by atoms with E-state index in [0.29, 0.717) is 6.04 Å². The van der Waals surface area contributed by atoms with Crippen LogP contribution < -0.4 is 5.32 Å². The van der Waals surface area contributed by atoms with Gasteiger partial charge >= 0.3 is 0 Å². The Labute approximate surface area is 129 Å². The smallest absolute Gasteiger partial charge is 0.264 e. The van der Waals surface area contributed by atoms with E-state index in [1.54, 1.807) is 11.3 Å². The molecule has 2 aromatic rings. The molecule has 5 heteroatoms. The van der Waals surface area contributed by atoms with Gasteiger partial charge < -0.3 is 10.2 Å². The second-order valence-electron chi connectivity index (χ2n) is 5.26. The number of carbonyl (C=O) groups excluding carboxylic acids is 1. The molecule has 1 saturated heterocycles. The van der Waals surface area contributed by atoms with E-state index in [-0.39, 0.29) is 24.4 Å². The van der Waals surface area contributed by atoms with Crippen LogP contribution in [0, 0.1) is 0 Å². The topological polar surface area (TPSA) is 32.3 Å². The number of nitrogens with one attached hydrogen (secondary N) is 1. The van der Waals surface area contributed by atoms with Gasteiger partial charge in [-0.15, -0.1) is 23.7 Å². The van der Waals surface area contributed by atoms with Gasteiger partial charge in [0.15, 0.2) is 0 Å². The fourth-order valence-corrected chi connectivity index (χ4v) is 3.55. The van der Waals surface area contributed by atoms with Crippen molar-refractivity contribution in [2.75, 3.05) is 13.1 Å². The Hall–Kier alpha value is -1.10. The number of rotatable bonds is 1. The zero-order valence-corrected chi connectivity index (χ0v) is 13.3. The highest BCUT2D eigenvalue weighted by Crippen LogP contribution is 2.27. The molecule has 1 aliphatic heterocycles. The van der Waals surface area contributed by atoms with Crippen LogP contribution in [0.2, 0.25) is 0 Å². The monoisotopic (exact) mass is 310 g/mol. The summed E-state index contributed by atoms with van der Waals surface area (Å²) in [5.41, 5.74) is 0. The molecule has 0 saturated carbocycles. The molecule has 0 radical (unpaired) electrons. The first kappa shape index (κ1) is 15.3. The van der Waals surface area contributed by atoms with E-state index in [2.05, 4.69) is 31.3 Å². The summed E-state index contributed by atoms with van der Waals surface area (Å²) in [6, 6.07) is 10.8. The average molecular weight is 311 g/mol. The Balaban J connectivity index is 0.00000147. The molecule has 2 heterocycles. The standard InChI is InChI=1S/C15H18N2OS.ClH/c1-10-9-17(11(2)8-16-10)15(18)14-7-12-5-3-4-6-13(12)19-14;/h3-7,10-11,16H,8-9H2,1-2H3;1H. The van der Waals surface area contributed by atoms with Gasteiger partial charge in [-0.05, 0) is 31.4 Å². The Morgan fingerprint density at radius 3 is 2.85 bits per heavy atom. The third-order valence-corrected chi connectivity index (χ3v) is 4.77. The molecule has 1 aliphatic rings. The highest BCUT2D eigenvalue weighted by atomic mass is 35.5. The van der Waals surface area contributed by atoms with Crippen LogP contribution in [0.4, 0.5) is 0 Å². The molecule has 1 aromatic heterocycles. The molecule has 20 heavy (non-hydrogen) atoms. The summed E-state index contributed by atoms with van der Waals surface area (Å²) in [6.45, 7) is 5.88. The van der Waals surface area contributed by atoms with Gasteiger partial charge in [-0.25, -0.2) is 0 Å². The van der Waals surface area contributed by atoms with Crippen molar-refractivity contribution in [3.05, 3.63) is 35.2 Å². The Bertz CT molecular complexity index is 580. The van der Waals surface area contributed by atoms with Crippen LogP contribution in [-0.2, 0) is 0 Å². The summed E-state index contributed by atoms with van der Waals surface area (Å²) in [5.74, 6) is 0.169. The Kier molecular flexibility index (Phi) is 4.68. The minimum absolute atomic E-state index is 0. The van der Waals surface area contributed by atoms with Crippen molar-refractivity contribution in [2.24, 2.45) is 0 Å². The van der Waals surface area contributed by atoms with Crippen molar-refractivity contribution < 1.29 is 4.79 Å². The molecular weight excluding hydrogens is 292 g/mol. The van der Waals surface area contributed by atoms with E-state index >= 15 is 0 Å². The molecular formula is C15H19ClN2OS. The number of thiophene rings is 1. The zero-order chi connectivity index (χ0) is 13.4. The molecule has 2 atom stereocenters. The Morgan fingerprint density at radius 1 is 1.35 bits per heavy atom. The number of benzene rings is 1. The van der Waals surface area contributed by atoms with E-state index in [9.17, 15) is 4.79 Å². The quantitative estimate of drug-likeness (QED) is 0.877. The van der Waals surface area contributed by atoms with Gasteiger partial charge in [0.05, 0.1) is 4.88 Å². The zero-order valence-electron chi connectivity index (χ0n) is 11.6. The van der Waals surface area contributed by atoms with Crippen molar-refractivity contribution in [1.29, 1.82) is 0 Å². The highest BCUT2D eigenvalue weighted by molar-refractivity contribution is 7.20. The molecule has 1 amide bonds. The van der Waals surface area contributed by atoms with E-state index in [1.807, 2.05) is 23.1 Å². The lowest BCUT2D eigenvalue weighted by Crippen LogP contribution is -2.56. The second-order valence-corrected chi connectivity index (χ2v) is 6.35. The number of hydrogen-bond donors (Lipinski definition) is 1. The summed E-state index contributed by atoms with van der Waals surface area (Å²) >= 11 is 1.59. The van der Waals surface area contributed by atoms with Crippen molar-refractivity contribution in [3.63, 3.8) is 0 Å². The largest absolute Gasteiger partial charge is 0.332 e. The fraction of sp³-hybridized carbons (Fsp3) is 0.400. The maximum absolute atomic E-state index is 12.6. The summed E-state index contributed by atoms with van der Waals surface area (Å²) in [7, 11) is 0. The lowest BCUT2D eigenvalue weighted by Gasteiger charge is -2.37. The average Bonchev–Trinajstić information content (AvgIpc) is 2.84. The maximum Gasteiger partial charge on any atom is 0.264 e. The minimum atomic E-state index is 0. The number of halogens is 1. The van der Waals surface area contributed by atoms with Crippen LogP contribution in [-0.4, -0.2) is 36.0 Å². The normalized spacial score (nSPS) is 22.6. The van der Waals surface area contributed by atoms with E-state index in [0.717, 1.165) is 23.4 Å². The van der Waals surface area contributed by atoms with E-state index in [4.69, 9.17) is 0 Å². The van der Waals surface area contributed by atoms with Gasteiger partial charge in [-0.3, -0.25) is 4.79 Å². The van der Waals surface area contributed by atoms with Gasteiger partial charge in [-0.2, -0.15) is 0 Å². The van der Waals surface area contributed by atoms with E-state index < -0.39 is 0 Å². The van der Waals surface area contributed by atoms with Gasteiger partial charge in [0, 0.05) is 29.9 Å². The fourth-order valence-electron chi connectivity index (χ4n) is 2.53. The van der Waals surface area contributed by atoms with Crippen LogP contribution in [0.1, 0.15) is 23.5 Å². The third kappa shape index (κ3) is 2.82. The lowest BCUT2D eigenvalue weighted by molar-refractivity contribution is 0.0621. The first-order valence-electron chi connectivity index (χ1n) is 6.68. The van der Waals surface area contributed by atoms with Crippen molar-refractivity contribution in [3.8, 4) is 0 Å². The molecule has 2 unspecified atom stereocenters. The number of fused-ring (bicyclic) bond motifs is 1. The van der Waals surface area contributed by atoms with Crippen molar-refractivity contribution in [2.45, 2.75) is 25.9 Å². The molecule has 0 spiro atoms. The summed E-state index contributed by atoms with van der Waals surface area (Å²) in [4.78, 5) is 15.5. The van der Waals surface area contributed by atoms with Crippen molar-refractivity contribution in [1.82, 2.24) is 10.2 Å². The number of piperazine rings is 1. The first-order valence-corrected chi connectivity index (χ1v) is 7.50. The van der Waals surface area contributed by atoms with Gasteiger partial charge in [-0.1, -0.05) is 18.2 Å². The number of carbonyl (C=O) groups is 1. The van der Waals surface area contributed by atoms with Gasteiger partial charge in [0.2, 0.25) is 0 Å². The predicted molar refractivity (Wildman–Crippen MR) is 87.0 cm³/mol. The summed E-state index contributed by atoms with van der Waals surface area (Å²) < 4.78 is 1.18. The van der Waals surface area contributed by atoms with Crippen LogP contribution in [0.5, 0.6) is 0 Å². The van der Waals surface area contributed by atoms with Crippen molar-refractivity contribution >= 4 is 39.7 Å². The minimum Gasteiger partial charge on any atom is -0.332 e. The van der Waals surface area contributed by atoms with E-state index in [1.165, 1.54) is 4.70 Å². The van der Waals surface area contributed by atoms with Crippen LogP contribution in [0.3, 0.4) is 0 Å². The summed E-state index contributed by atoms with van der Waals surface area (Å²) in [5, 5.41) is 4.56. The van der Waals surface area contributed by atoms with Gasteiger partial charge in [0.1, 0.15) is 0 Å². The third-order valence-electron chi connectivity index (χ3n) is 3.66. The van der Waals surface area contributed by atoms with Gasteiger partial charge in [0.25, 0.3) is 5.91 Å². The molecule has 1 N–H and O–H groups in total. The summed E-state index contributed by atoms with van der Waals surface area (Å²) in [6.07, 6.45) is 0. The highest BCUT2D eigenvalue weighted by Gasteiger charge is 2.28. The molecule has 3 rings (SSSR count).